The minimum Gasteiger partial charge on any atom is -0.490 e. The third-order valence-corrected chi connectivity index (χ3v) is 6.95. The third kappa shape index (κ3) is 4.90. The Kier molecular flexibility index (Phi) is 6.98. The molecule has 0 spiro atoms. The normalized spacial score (nSPS) is 26.1. The fourth-order valence-electron chi connectivity index (χ4n) is 5.02. The second-order valence-corrected chi connectivity index (χ2v) is 9.08. The molecule has 3 amide bonds. The Hall–Kier alpha value is -2.61. The summed E-state index contributed by atoms with van der Waals surface area (Å²) in [5.74, 6) is 0.339. The van der Waals surface area contributed by atoms with Crippen LogP contribution in [0.4, 0.5) is 5.69 Å². The number of nitrogens with zero attached hydrogens (tertiary/aromatic N) is 1. The highest BCUT2D eigenvalue weighted by molar-refractivity contribution is 6.00. The molecular formula is C24H33N3O5. The number of hydrogen-bond acceptors (Lipinski definition) is 5. The van der Waals surface area contributed by atoms with E-state index in [0.717, 1.165) is 32.1 Å². The van der Waals surface area contributed by atoms with Crippen LogP contribution >= 0.6 is 0 Å². The molecule has 1 aromatic carbocycles. The van der Waals surface area contributed by atoms with Gasteiger partial charge in [-0.05, 0) is 43.9 Å². The molecule has 1 aromatic rings. The van der Waals surface area contributed by atoms with Crippen molar-refractivity contribution < 1.29 is 23.9 Å². The zero-order chi connectivity index (χ0) is 22.7. The Morgan fingerprint density at radius 2 is 1.91 bits per heavy atom. The number of benzene rings is 1. The molecule has 2 heterocycles. The van der Waals surface area contributed by atoms with Gasteiger partial charge in [-0.15, -0.1) is 0 Å². The van der Waals surface area contributed by atoms with E-state index in [0.29, 0.717) is 36.4 Å². The van der Waals surface area contributed by atoms with Crippen LogP contribution < -0.4 is 15.4 Å². The van der Waals surface area contributed by atoms with Crippen molar-refractivity contribution in [3.05, 3.63) is 23.8 Å². The van der Waals surface area contributed by atoms with Crippen LogP contribution in [0.3, 0.4) is 0 Å². The van der Waals surface area contributed by atoms with Gasteiger partial charge >= 0.3 is 0 Å². The van der Waals surface area contributed by atoms with Gasteiger partial charge in [0.05, 0.1) is 24.1 Å². The number of ether oxygens (including phenoxy) is 2. The van der Waals surface area contributed by atoms with Crippen LogP contribution in [0.25, 0.3) is 0 Å². The van der Waals surface area contributed by atoms with E-state index in [-0.39, 0.29) is 41.9 Å². The summed E-state index contributed by atoms with van der Waals surface area (Å²) in [7, 11) is 3.40. The number of amides is 3. The fourth-order valence-corrected chi connectivity index (χ4v) is 5.02. The maximum Gasteiger partial charge on any atom is 0.257 e. The predicted octanol–water partition coefficient (Wildman–Crippen LogP) is 2.72. The maximum atomic E-state index is 13.3. The minimum absolute atomic E-state index is 0.0279. The number of fused-ring (bicyclic) bond motifs is 2. The van der Waals surface area contributed by atoms with Gasteiger partial charge < -0.3 is 25.0 Å². The highest BCUT2D eigenvalue weighted by Gasteiger charge is 2.39. The van der Waals surface area contributed by atoms with Gasteiger partial charge in [0.2, 0.25) is 11.8 Å². The molecule has 8 nitrogen and oxygen atoms in total. The largest absolute Gasteiger partial charge is 0.490 e. The number of nitrogens with one attached hydrogen (secondary N) is 2. The minimum atomic E-state index is -0.300. The summed E-state index contributed by atoms with van der Waals surface area (Å²) in [4.78, 5) is 39.4. The lowest BCUT2D eigenvalue weighted by molar-refractivity contribution is -0.133. The zero-order valence-electron chi connectivity index (χ0n) is 18.9. The Morgan fingerprint density at radius 1 is 1.12 bits per heavy atom. The van der Waals surface area contributed by atoms with Crippen LogP contribution in [0.5, 0.6) is 5.75 Å². The molecule has 0 radical (unpaired) electrons. The lowest BCUT2D eigenvalue weighted by Crippen LogP contribution is -2.53. The SMILES string of the molecule is CNC(=O)C[C@H]1CC[C@H]2[C@@H](COc3ccc(NC(=O)C4CCCCC4)cc3C(=O)N2C)O1. The Bertz CT molecular complexity index is 867. The van der Waals surface area contributed by atoms with E-state index in [1.54, 1.807) is 37.2 Å². The number of anilines is 1. The lowest BCUT2D eigenvalue weighted by Gasteiger charge is -2.42. The number of hydrogen-bond donors (Lipinski definition) is 2. The molecule has 2 aliphatic heterocycles. The van der Waals surface area contributed by atoms with E-state index in [2.05, 4.69) is 10.6 Å². The molecule has 3 atom stereocenters. The van der Waals surface area contributed by atoms with Crippen molar-refractivity contribution in [3.8, 4) is 5.75 Å². The number of carbonyl (C=O) groups is 3. The summed E-state index contributed by atoms with van der Waals surface area (Å²) >= 11 is 0. The molecule has 3 aliphatic rings. The van der Waals surface area contributed by atoms with Crippen LogP contribution in [-0.2, 0) is 14.3 Å². The molecule has 174 valence electrons. The highest BCUT2D eigenvalue weighted by atomic mass is 16.5. The van der Waals surface area contributed by atoms with Crippen molar-refractivity contribution >= 4 is 23.4 Å². The second kappa shape index (κ2) is 9.90. The summed E-state index contributed by atoms with van der Waals surface area (Å²) in [6, 6.07) is 5.11. The average molecular weight is 444 g/mol. The van der Waals surface area contributed by atoms with Crippen LogP contribution in [0.2, 0.25) is 0 Å². The van der Waals surface area contributed by atoms with Gasteiger partial charge in [0.25, 0.3) is 5.91 Å². The molecule has 1 aliphatic carbocycles. The van der Waals surface area contributed by atoms with Gasteiger partial charge in [0.1, 0.15) is 18.5 Å². The van der Waals surface area contributed by atoms with Gasteiger partial charge in [-0.1, -0.05) is 19.3 Å². The van der Waals surface area contributed by atoms with E-state index in [1.807, 2.05) is 0 Å². The van der Waals surface area contributed by atoms with Crippen molar-refractivity contribution in [2.45, 2.75) is 69.6 Å². The van der Waals surface area contributed by atoms with E-state index in [1.165, 1.54) is 6.42 Å². The molecule has 2 fully saturated rings. The maximum absolute atomic E-state index is 13.3. The third-order valence-electron chi connectivity index (χ3n) is 6.95. The van der Waals surface area contributed by atoms with Crippen molar-refractivity contribution in [3.63, 3.8) is 0 Å². The molecule has 1 saturated heterocycles. The Labute approximate surface area is 189 Å². The van der Waals surface area contributed by atoms with Crippen molar-refractivity contribution in [1.82, 2.24) is 10.2 Å². The van der Waals surface area contributed by atoms with Crippen molar-refractivity contribution in [2.24, 2.45) is 5.92 Å². The Morgan fingerprint density at radius 3 is 2.66 bits per heavy atom. The number of carbonyl (C=O) groups excluding carboxylic acids is 3. The second-order valence-electron chi connectivity index (χ2n) is 9.08. The van der Waals surface area contributed by atoms with Crippen LogP contribution in [0, 0.1) is 5.92 Å². The number of likely N-dealkylation sites (N-methyl/N-ethyl adjacent to an activating group) is 1. The van der Waals surface area contributed by atoms with Crippen LogP contribution in [0.15, 0.2) is 18.2 Å². The predicted molar refractivity (Wildman–Crippen MR) is 120 cm³/mol. The highest BCUT2D eigenvalue weighted by Crippen LogP contribution is 2.33. The van der Waals surface area contributed by atoms with E-state index < -0.39 is 0 Å². The molecule has 0 aromatic heterocycles. The van der Waals surface area contributed by atoms with Gasteiger partial charge in [-0.3, -0.25) is 14.4 Å². The number of rotatable bonds is 4. The van der Waals surface area contributed by atoms with Gasteiger partial charge in [0, 0.05) is 25.7 Å². The van der Waals surface area contributed by atoms with Crippen LogP contribution in [-0.4, -0.2) is 61.6 Å². The summed E-state index contributed by atoms with van der Waals surface area (Å²) in [5.41, 5.74) is 1.06. The first-order chi connectivity index (χ1) is 15.5. The lowest BCUT2D eigenvalue weighted by atomic mass is 9.88. The first-order valence-electron chi connectivity index (χ1n) is 11.7. The van der Waals surface area contributed by atoms with Crippen molar-refractivity contribution in [1.29, 1.82) is 0 Å². The Balaban J connectivity index is 1.48. The molecule has 0 unspecified atom stereocenters. The summed E-state index contributed by atoms with van der Waals surface area (Å²) in [5, 5.41) is 5.62. The standard InChI is InChI=1S/C24H33N3O5/c1-25-22(28)13-17-9-10-19-21(32-17)14-31-20-11-8-16(12-18(20)24(30)27(19)2)26-23(29)15-6-4-3-5-7-15/h8,11-12,15,17,19,21H,3-7,9-10,13-14H2,1-2H3,(H,25,28)(H,26,29)/t17-,19+,21-/m1/s1. The van der Waals surface area contributed by atoms with E-state index in [4.69, 9.17) is 9.47 Å². The molecule has 2 N–H and O–H groups in total. The first kappa shape index (κ1) is 22.6. The quantitative estimate of drug-likeness (QED) is 0.746. The topological polar surface area (TPSA) is 97.0 Å². The summed E-state index contributed by atoms with van der Waals surface area (Å²) in [6.07, 6.45) is 6.49. The monoisotopic (exact) mass is 443 g/mol. The molecule has 1 saturated carbocycles. The molecule has 0 bridgehead atoms. The average Bonchev–Trinajstić information content (AvgIpc) is 2.82. The smallest absolute Gasteiger partial charge is 0.257 e. The van der Waals surface area contributed by atoms with E-state index >= 15 is 0 Å². The molecule has 4 rings (SSSR count). The molecule has 32 heavy (non-hydrogen) atoms. The van der Waals surface area contributed by atoms with E-state index in [9.17, 15) is 14.4 Å². The fraction of sp³-hybridized carbons (Fsp3) is 0.625. The van der Waals surface area contributed by atoms with Crippen LogP contribution in [0.1, 0.15) is 61.7 Å². The van der Waals surface area contributed by atoms with Gasteiger partial charge in [-0.2, -0.15) is 0 Å². The van der Waals surface area contributed by atoms with Gasteiger partial charge in [-0.25, -0.2) is 0 Å². The summed E-state index contributed by atoms with van der Waals surface area (Å²) < 4.78 is 12.1. The first-order valence-corrected chi connectivity index (χ1v) is 11.7. The molecular weight excluding hydrogens is 410 g/mol. The molecule has 8 heteroatoms. The van der Waals surface area contributed by atoms with Gasteiger partial charge in [0.15, 0.2) is 0 Å². The zero-order valence-corrected chi connectivity index (χ0v) is 18.9. The van der Waals surface area contributed by atoms with Crippen molar-refractivity contribution in [2.75, 3.05) is 26.0 Å². The summed E-state index contributed by atoms with van der Waals surface area (Å²) in [6.45, 7) is 0.299.